The molecular formula is C13H16. The summed E-state index contributed by atoms with van der Waals surface area (Å²) in [6.07, 6.45) is 8.77. The fourth-order valence-corrected chi connectivity index (χ4v) is 1.49. The molecule has 1 rings (SSSR count). The molecule has 0 amide bonds. The van der Waals surface area contributed by atoms with Gasteiger partial charge in [-0.2, -0.15) is 0 Å². The standard InChI is InChI=1S/C13H16/c1-3-8-12(4-2)11-13-9-6-5-7-10-13/h2,5-7,9-10,12H,3,8,11H2,1H3. The SMILES string of the molecule is C#CC(CCC)Cc1ccccc1. The lowest BCUT2D eigenvalue weighted by atomic mass is 9.96. The summed E-state index contributed by atoms with van der Waals surface area (Å²) in [5, 5.41) is 0. The quantitative estimate of drug-likeness (QED) is 0.611. The van der Waals surface area contributed by atoms with Crippen molar-refractivity contribution in [3.05, 3.63) is 35.9 Å². The monoisotopic (exact) mass is 172 g/mol. The average molecular weight is 172 g/mol. The van der Waals surface area contributed by atoms with Crippen molar-refractivity contribution >= 4 is 0 Å². The number of rotatable bonds is 4. The van der Waals surface area contributed by atoms with Gasteiger partial charge < -0.3 is 0 Å². The third kappa shape index (κ3) is 3.34. The van der Waals surface area contributed by atoms with Crippen LogP contribution in [0.3, 0.4) is 0 Å². The zero-order chi connectivity index (χ0) is 9.52. The van der Waals surface area contributed by atoms with Gasteiger partial charge in [-0.05, 0) is 18.4 Å². The van der Waals surface area contributed by atoms with Crippen LogP contribution in [0.2, 0.25) is 0 Å². The molecule has 1 unspecified atom stereocenters. The minimum absolute atomic E-state index is 0.410. The zero-order valence-electron chi connectivity index (χ0n) is 8.16. The maximum atomic E-state index is 5.46. The molecule has 0 aliphatic heterocycles. The lowest BCUT2D eigenvalue weighted by Crippen LogP contribution is -2.00. The van der Waals surface area contributed by atoms with Crippen LogP contribution in [-0.4, -0.2) is 0 Å². The van der Waals surface area contributed by atoms with Gasteiger partial charge in [-0.1, -0.05) is 43.7 Å². The molecular weight excluding hydrogens is 156 g/mol. The summed E-state index contributed by atoms with van der Waals surface area (Å²) in [4.78, 5) is 0. The fraction of sp³-hybridized carbons (Fsp3) is 0.385. The van der Waals surface area contributed by atoms with Crippen molar-refractivity contribution in [3.63, 3.8) is 0 Å². The van der Waals surface area contributed by atoms with Crippen LogP contribution in [0.5, 0.6) is 0 Å². The van der Waals surface area contributed by atoms with Crippen LogP contribution in [0.1, 0.15) is 25.3 Å². The van der Waals surface area contributed by atoms with Crippen molar-refractivity contribution in [2.75, 3.05) is 0 Å². The van der Waals surface area contributed by atoms with Gasteiger partial charge in [-0.15, -0.1) is 12.3 Å². The predicted molar refractivity (Wildman–Crippen MR) is 57.4 cm³/mol. The van der Waals surface area contributed by atoms with Crippen LogP contribution >= 0.6 is 0 Å². The molecule has 1 atom stereocenters. The Bertz CT molecular complexity index is 266. The summed E-state index contributed by atoms with van der Waals surface area (Å²) in [5.41, 5.74) is 1.35. The predicted octanol–water partition coefficient (Wildman–Crippen LogP) is 3.28. The molecule has 0 saturated carbocycles. The van der Waals surface area contributed by atoms with E-state index in [0.717, 1.165) is 12.8 Å². The van der Waals surface area contributed by atoms with Crippen LogP contribution in [-0.2, 0) is 6.42 Å². The summed E-state index contributed by atoms with van der Waals surface area (Å²) >= 11 is 0. The van der Waals surface area contributed by atoms with Crippen molar-refractivity contribution in [1.29, 1.82) is 0 Å². The summed E-state index contributed by atoms with van der Waals surface area (Å²) in [6, 6.07) is 10.4. The lowest BCUT2D eigenvalue weighted by Gasteiger charge is -2.08. The van der Waals surface area contributed by atoms with Crippen LogP contribution < -0.4 is 0 Å². The Hall–Kier alpha value is -1.22. The van der Waals surface area contributed by atoms with E-state index in [-0.39, 0.29) is 0 Å². The van der Waals surface area contributed by atoms with E-state index in [4.69, 9.17) is 6.42 Å². The van der Waals surface area contributed by atoms with Crippen molar-refractivity contribution in [2.45, 2.75) is 26.2 Å². The number of benzene rings is 1. The van der Waals surface area contributed by atoms with Gasteiger partial charge in [0.1, 0.15) is 0 Å². The second-order valence-electron chi connectivity index (χ2n) is 3.34. The minimum atomic E-state index is 0.410. The van der Waals surface area contributed by atoms with E-state index in [1.807, 2.05) is 6.07 Å². The molecule has 0 heteroatoms. The highest BCUT2D eigenvalue weighted by atomic mass is 14.1. The second kappa shape index (κ2) is 5.43. The maximum Gasteiger partial charge on any atom is 0.0240 e. The Labute approximate surface area is 81.0 Å². The molecule has 1 aromatic rings. The van der Waals surface area contributed by atoms with Crippen LogP contribution in [0, 0.1) is 18.3 Å². The van der Waals surface area contributed by atoms with Gasteiger partial charge in [0.25, 0.3) is 0 Å². The largest absolute Gasteiger partial charge is 0.120 e. The van der Waals surface area contributed by atoms with E-state index >= 15 is 0 Å². The Morgan fingerprint density at radius 2 is 2.00 bits per heavy atom. The summed E-state index contributed by atoms with van der Waals surface area (Å²) in [6.45, 7) is 2.18. The first kappa shape index (κ1) is 9.86. The molecule has 0 N–H and O–H groups in total. The van der Waals surface area contributed by atoms with E-state index in [9.17, 15) is 0 Å². The van der Waals surface area contributed by atoms with Gasteiger partial charge in [0.05, 0.1) is 0 Å². The average Bonchev–Trinajstić information content (AvgIpc) is 2.19. The second-order valence-corrected chi connectivity index (χ2v) is 3.34. The molecule has 0 bridgehead atoms. The molecule has 0 aromatic heterocycles. The van der Waals surface area contributed by atoms with Gasteiger partial charge in [-0.25, -0.2) is 0 Å². The van der Waals surface area contributed by atoms with Crippen LogP contribution in [0.15, 0.2) is 30.3 Å². The molecule has 0 radical (unpaired) electrons. The Morgan fingerprint density at radius 1 is 1.31 bits per heavy atom. The maximum absolute atomic E-state index is 5.46. The molecule has 1 aromatic carbocycles. The lowest BCUT2D eigenvalue weighted by molar-refractivity contribution is 0.597. The molecule has 68 valence electrons. The van der Waals surface area contributed by atoms with Gasteiger partial charge in [0, 0.05) is 5.92 Å². The molecule has 0 heterocycles. The van der Waals surface area contributed by atoms with E-state index in [2.05, 4.69) is 37.1 Å². The van der Waals surface area contributed by atoms with Crippen LogP contribution in [0.4, 0.5) is 0 Å². The normalized spacial score (nSPS) is 12.0. The van der Waals surface area contributed by atoms with Gasteiger partial charge >= 0.3 is 0 Å². The molecule has 0 aliphatic carbocycles. The first-order chi connectivity index (χ1) is 6.36. The van der Waals surface area contributed by atoms with Crippen molar-refractivity contribution in [1.82, 2.24) is 0 Å². The number of hydrogen-bond donors (Lipinski definition) is 0. The van der Waals surface area contributed by atoms with Crippen molar-refractivity contribution in [3.8, 4) is 12.3 Å². The molecule has 13 heavy (non-hydrogen) atoms. The highest BCUT2D eigenvalue weighted by Crippen LogP contribution is 2.12. The van der Waals surface area contributed by atoms with E-state index < -0.39 is 0 Å². The topological polar surface area (TPSA) is 0 Å². The smallest absolute Gasteiger partial charge is 0.0240 e. The summed E-state index contributed by atoms with van der Waals surface area (Å²) < 4.78 is 0. The highest BCUT2D eigenvalue weighted by Gasteiger charge is 2.03. The van der Waals surface area contributed by atoms with E-state index in [1.165, 1.54) is 12.0 Å². The number of hydrogen-bond acceptors (Lipinski definition) is 0. The third-order valence-electron chi connectivity index (χ3n) is 2.20. The first-order valence-electron chi connectivity index (χ1n) is 4.87. The van der Waals surface area contributed by atoms with E-state index in [1.54, 1.807) is 0 Å². The summed E-state index contributed by atoms with van der Waals surface area (Å²) in [7, 11) is 0. The van der Waals surface area contributed by atoms with Gasteiger partial charge in [0.2, 0.25) is 0 Å². The number of terminal acetylenes is 1. The Kier molecular flexibility index (Phi) is 4.12. The van der Waals surface area contributed by atoms with E-state index in [0.29, 0.717) is 5.92 Å². The Balaban J connectivity index is 2.53. The van der Waals surface area contributed by atoms with Gasteiger partial charge in [0.15, 0.2) is 0 Å². The molecule has 0 nitrogen and oxygen atoms in total. The Morgan fingerprint density at radius 3 is 2.54 bits per heavy atom. The summed E-state index contributed by atoms with van der Waals surface area (Å²) in [5.74, 6) is 3.26. The third-order valence-corrected chi connectivity index (χ3v) is 2.20. The molecule has 0 spiro atoms. The molecule has 0 aliphatic rings. The minimum Gasteiger partial charge on any atom is -0.120 e. The molecule has 0 fully saturated rings. The first-order valence-corrected chi connectivity index (χ1v) is 4.87. The van der Waals surface area contributed by atoms with Gasteiger partial charge in [-0.3, -0.25) is 0 Å². The van der Waals surface area contributed by atoms with Crippen molar-refractivity contribution < 1.29 is 0 Å². The highest BCUT2D eigenvalue weighted by molar-refractivity contribution is 5.17. The zero-order valence-corrected chi connectivity index (χ0v) is 8.16. The van der Waals surface area contributed by atoms with Crippen molar-refractivity contribution in [2.24, 2.45) is 5.92 Å². The fourth-order valence-electron chi connectivity index (χ4n) is 1.49. The molecule has 0 saturated heterocycles. The van der Waals surface area contributed by atoms with Crippen LogP contribution in [0.25, 0.3) is 0 Å².